The summed E-state index contributed by atoms with van der Waals surface area (Å²) in [6.45, 7) is 5.42. The number of hydrogen-bond acceptors (Lipinski definition) is 3. The first-order chi connectivity index (χ1) is 9.52. The van der Waals surface area contributed by atoms with E-state index in [1.807, 2.05) is 32.0 Å². The number of nitrogens with zero attached hydrogens (tertiary/aromatic N) is 2. The number of hydrogen-bond donors (Lipinski definition) is 1. The second kappa shape index (κ2) is 6.05. The van der Waals surface area contributed by atoms with Crippen LogP contribution >= 0.6 is 0 Å². The molecule has 1 N–H and O–H groups in total. The molecule has 0 radical (unpaired) electrons. The molecule has 0 bridgehead atoms. The van der Waals surface area contributed by atoms with Crippen molar-refractivity contribution in [1.29, 1.82) is 0 Å². The van der Waals surface area contributed by atoms with Crippen LogP contribution in [0.2, 0.25) is 0 Å². The summed E-state index contributed by atoms with van der Waals surface area (Å²) < 4.78 is 0. The Morgan fingerprint density at radius 2 is 1.70 bits per heavy atom. The predicted molar refractivity (Wildman–Crippen MR) is 75.5 cm³/mol. The summed E-state index contributed by atoms with van der Waals surface area (Å²) in [7, 11) is 0. The fraction of sp³-hybridized carbons (Fsp3) is 0.467. The molecule has 2 rings (SSSR count). The molecular weight excluding hydrogens is 256 g/mol. The number of aliphatic hydroxyl groups is 1. The van der Waals surface area contributed by atoms with E-state index in [0.29, 0.717) is 26.2 Å². The highest BCUT2D eigenvalue weighted by molar-refractivity contribution is 5.96. The molecule has 0 aliphatic carbocycles. The maximum Gasteiger partial charge on any atom is 0.254 e. The third kappa shape index (κ3) is 2.99. The maximum atomic E-state index is 12.5. The van der Waals surface area contributed by atoms with E-state index in [2.05, 4.69) is 0 Å². The van der Waals surface area contributed by atoms with Crippen LogP contribution in [0.1, 0.15) is 21.5 Å². The fourth-order valence-electron chi connectivity index (χ4n) is 2.40. The molecule has 5 heteroatoms. The average Bonchev–Trinajstić information content (AvgIpc) is 2.48. The van der Waals surface area contributed by atoms with E-state index in [9.17, 15) is 9.59 Å². The number of carbonyl (C=O) groups is 2. The summed E-state index contributed by atoms with van der Waals surface area (Å²) in [5.41, 5.74) is 2.76. The van der Waals surface area contributed by atoms with E-state index in [0.717, 1.165) is 16.7 Å². The van der Waals surface area contributed by atoms with Crippen LogP contribution in [0.25, 0.3) is 0 Å². The van der Waals surface area contributed by atoms with Crippen molar-refractivity contribution in [3.63, 3.8) is 0 Å². The van der Waals surface area contributed by atoms with Crippen molar-refractivity contribution >= 4 is 11.8 Å². The lowest BCUT2D eigenvalue weighted by molar-refractivity contribution is -0.135. The summed E-state index contributed by atoms with van der Waals surface area (Å²) in [6, 6.07) is 5.85. The Morgan fingerprint density at radius 1 is 1.10 bits per heavy atom. The van der Waals surface area contributed by atoms with Gasteiger partial charge in [0.1, 0.15) is 6.61 Å². The second-order valence-electron chi connectivity index (χ2n) is 5.15. The zero-order valence-electron chi connectivity index (χ0n) is 11.9. The minimum absolute atomic E-state index is 0.0160. The van der Waals surface area contributed by atoms with Crippen molar-refractivity contribution in [2.75, 3.05) is 32.8 Å². The molecule has 1 saturated heterocycles. The molecule has 1 aromatic rings. The van der Waals surface area contributed by atoms with E-state index >= 15 is 0 Å². The van der Waals surface area contributed by atoms with Crippen LogP contribution in [0.3, 0.4) is 0 Å². The lowest BCUT2D eigenvalue weighted by Gasteiger charge is -2.34. The molecule has 108 valence electrons. The van der Waals surface area contributed by atoms with Crippen LogP contribution in [0.5, 0.6) is 0 Å². The topological polar surface area (TPSA) is 60.9 Å². The molecule has 1 aliphatic rings. The van der Waals surface area contributed by atoms with Gasteiger partial charge in [0, 0.05) is 31.7 Å². The number of aryl methyl sites for hydroxylation is 2. The molecule has 1 aromatic carbocycles. The number of aliphatic hydroxyl groups excluding tert-OH is 1. The smallest absolute Gasteiger partial charge is 0.254 e. The normalized spacial score (nSPS) is 15.3. The van der Waals surface area contributed by atoms with Crippen LogP contribution in [0.15, 0.2) is 18.2 Å². The summed E-state index contributed by atoms with van der Waals surface area (Å²) >= 11 is 0. The van der Waals surface area contributed by atoms with Gasteiger partial charge in [-0.25, -0.2) is 0 Å². The SMILES string of the molecule is Cc1ccc(C)c(C(=O)N2CCN(C(=O)CO)CC2)c1. The van der Waals surface area contributed by atoms with Crippen molar-refractivity contribution in [1.82, 2.24) is 9.80 Å². The molecule has 0 saturated carbocycles. The van der Waals surface area contributed by atoms with Gasteiger partial charge in [-0.1, -0.05) is 17.7 Å². The fourth-order valence-corrected chi connectivity index (χ4v) is 2.40. The van der Waals surface area contributed by atoms with Gasteiger partial charge in [-0.3, -0.25) is 9.59 Å². The van der Waals surface area contributed by atoms with Crippen molar-refractivity contribution < 1.29 is 14.7 Å². The Hall–Kier alpha value is -1.88. The van der Waals surface area contributed by atoms with Crippen LogP contribution < -0.4 is 0 Å². The van der Waals surface area contributed by atoms with Crippen molar-refractivity contribution in [2.24, 2.45) is 0 Å². The quantitative estimate of drug-likeness (QED) is 0.859. The van der Waals surface area contributed by atoms with E-state index in [1.54, 1.807) is 9.80 Å². The summed E-state index contributed by atoms with van der Waals surface area (Å²) in [5.74, 6) is -0.258. The lowest BCUT2D eigenvalue weighted by atomic mass is 10.0. The van der Waals surface area contributed by atoms with Gasteiger partial charge >= 0.3 is 0 Å². The second-order valence-corrected chi connectivity index (χ2v) is 5.15. The Balaban J connectivity index is 2.05. The molecule has 20 heavy (non-hydrogen) atoms. The van der Waals surface area contributed by atoms with E-state index in [1.165, 1.54) is 0 Å². The number of carbonyl (C=O) groups excluding carboxylic acids is 2. The monoisotopic (exact) mass is 276 g/mol. The van der Waals surface area contributed by atoms with Crippen molar-refractivity contribution in [3.8, 4) is 0 Å². The van der Waals surface area contributed by atoms with Gasteiger partial charge in [0.05, 0.1) is 0 Å². The van der Waals surface area contributed by atoms with Gasteiger partial charge in [-0.15, -0.1) is 0 Å². The standard InChI is InChI=1S/C15H20N2O3/c1-11-3-4-12(2)13(9-11)15(20)17-7-5-16(6-8-17)14(19)10-18/h3-4,9,18H,5-8,10H2,1-2H3. The summed E-state index contributed by atoms with van der Waals surface area (Å²) in [5, 5.41) is 8.84. The first-order valence-corrected chi connectivity index (χ1v) is 6.78. The molecule has 5 nitrogen and oxygen atoms in total. The van der Waals surface area contributed by atoms with Crippen molar-refractivity contribution in [2.45, 2.75) is 13.8 Å². The number of benzene rings is 1. The van der Waals surface area contributed by atoms with E-state index < -0.39 is 6.61 Å². The Bertz CT molecular complexity index is 520. The lowest BCUT2D eigenvalue weighted by Crippen LogP contribution is -2.51. The molecule has 1 aliphatic heterocycles. The average molecular weight is 276 g/mol. The van der Waals surface area contributed by atoms with Gasteiger partial charge in [-0.05, 0) is 25.5 Å². The van der Waals surface area contributed by atoms with Crippen LogP contribution in [0.4, 0.5) is 0 Å². The van der Waals surface area contributed by atoms with Crippen LogP contribution in [0, 0.1) is 13.8 Å². The van der Waals surface area contributed by atoms with Gasteiger partial charge in [0.15, 0.2) is 0 Å². The molecule has 0 spiro atoms. The van der Waals surface area contributed by atoms with Crippen LogP contribution in [-0.4, -0.2) is 59.5 Å². The maximum absolute atomic E-state index is 12.5. The largest absolute Gasteiger partial charge is 0.387 e. The molecular formula is C15H20N2O3. The van der Waals surface area contributed by atoms with Crippen LogP contribution in [-0.2, 0) is 4.79 Å². The number of amides is 2. The molecule has 1 heterocycles. The van der Waals surface area contributed by atoms with Gasteiger partial charge in [0.2, 0.25) is 5.91 Å². The number of piperazine rings is 1. The van der Waals surface area contributed by atoms with Gasteiger partial charge in [-0.2, -0.15) is 0 Å². The van der Waals surface area contributed by atoms with E-state index in [4.69, 9.17) is 5.11 Å². The Kier molecular flexibility index (Phi) is 4.39. The summed E-state index contributed by atoms with van der Waals surface area (Å²) in [6.07, 6.45) is 0. The number of rotatable bonds is 2. The summed E-state index contributed by atoms with van der Waals surface area (Å²) in [4.78, 5) is 27.2. The highest BCUT2D eigenvalue weighted by Gasteiger charge is 2.25. The van der Waals surface area contributed by atoms with E-state index in [-0.39, 0.29) is 11.8 Å². The third-order valence-electron chi connectivity index (χ3n) is 3.68. The molecule has 0 aromatic heterocycles. The first-order valence-electron chi connectivity index (χ1n) is 6.78. The Morgan fingerprint density at radius 3 is 2.30 bits per heavy atom. The predicted octanol–water partition coefficient (Wildman–Crippen LogP) is 0.580. The molecule has 1 fully saturated rings. The highest BCUT2D eigenvalue weighted by atomic mass is 16.3. The van der Waals surface area contributed by atoms with Gasteiger partial charge < -0.3 is 14.9 Å². The van der Waals surface area contributed by atoms with Crippen molar-refractivity contribution in [3.05, 3.63) is 34.9 Å². The first kappa shape index (κ1) is 14.5. The zero-order chi connectivity index (χ0) is 14.7. The highest BCUT2D eigenvalue weighted by Crippen LogP contribution is 2.15. The molecule has 0 unspecified atom stereocenters. The minimum atomic E-state index is -0.467. The third-order valence-corrected chi connectivity index (χ3v) is 3.68. The van der Waals surface area contributed by atoms with Gasteiger partial charge in [0.25, 0.3) is 5.91 Å². The Labute approximate surface area is 118 Å². The zero-order valence-corrected chi connectivity index (χ0v) is 11.9. The minimum Gasteiger partial charge on any atom is -0.387 e. The molecule has 2 amide bonds. The molecule has 0 atom stereocenters.